The highest BCUT2D eigenvalue weighted by atomic mass is 35.5. The molecule has 1 aromatic rings. The van der Waals surface area contributed by atoms with Gasteiger partial charge in [0.2, 0.25) is 5.91 Å². The van der Waals surface area contributed by atoms with Crippen molar-refractivity contribution in [1.29, 1.82) is 0 Å². The van der Waals surface area contributed by atoms with Gasteiger partial charge in [-0.3, -0.25) is 4.79 Å². The lowest BCUT2D eigenvalue weighted by atomic mass is 9.86. The van der Waals surface area contributed by atoms with Crippen molar-refractivity contribution < 1.29 is 4.79 Å². The lowest BCUT2D eigenvalue weighted by Crippen LogP contribution is -2.57. The minimum atomic E-state index is -0.684. The van der Waals surface area contributed by atoms with Crippen LogP contribution < -0.4 is 11.1 Å². The summed E-state index contributed by atoms with van der Waals surface area (Å²) in [7, 11) is 0. The highest BCUT2D eigenvalue weighted by Gasteiger charge is 2.39. The molecule has 1 saturated heterocycles. The number of hydrogen-bond acceptors (Lipinski definition) is 3. The van der Waals surface area contributed by atoms with Gasteiger partial charge in [-0.2, -0.15) is 0 Å². The van der Waals surface area contributed by atoms with Gasteiger partial charge in [0.05, 0.1) is 10.7 Å². The molecule has 1 amide bonds. The molecule has 1 fully saturated rings. The number of piperidine rings is 1. The zero-order chi connectivity index (χ0) is 13.9. The van der Waals surface area contributed by atoms with Gasteiger partial charge in [0.1, 0.15) is 5.54 Å². The molecule has 0 saturated carbocycles. The third-order valence-corrected chi connectivity index (χ3v) is 4.21. The molecular weight excluding hydrogens is 262 g/mol. The number of primary amides is 1. The smallest absolute Gasteiger partial charge is 0.243 e. The minimum Gasteiger partial charge on any atom is -0.370 e. The summed E-state index contributed by atoms with van der Waals surface area (Å²) in [4.78, 5) is 14.2. The van der Waals surface area contributed by atoms with E-state index in [-0.39, 0.29) is 5.91 Å². The summed E-state index contributed by atoms with van der Waals surface area (Å²) < 4.78 is 0. The van der Waals surface area contributed by atoms with Crippen LogP contribution in [0.2, 0.25) is 5.02 Å². The fourth-order valence-electron chi connectivity index (χ4n) is 2.50. The number of nitrogens with zero attached hydrogens (tertiary/aromatic N) is 1. The van der Waals surface area contributed by atoms with Crippen molar-refractivity contribution >= 4 is 23.2 Å². The van der Waals surface area contributed by atoms with Gasteiger partial charge < -0.3 is 16.0 Å². The average Bonchev–Trinajstić information content (AvgIpc) is 2.42. The van der Waals surface area contributed by atoms with Crippen LogP contribution in [0.1, 0.15) is 19.8 Å². The molecule has 1 aliphatic rings. The van der Waals surface area contributed by atoms with Gasteiger partial charge in [0.15, 0.2) is 0 Å². The number of hydrogen-bond donors (Lipinski definition) is 2. The molecule has 0 bridgehead atoms. The number of nitrogens with two attached hydrogens (primary N) is 1. The summed E-state index contributed by atoms with van der Waals surface area (Å²) in [6, 6.07) is 7.44. The van der Waals surface area contributed by atoms with Crippen LogP contribution in [0.15, 0.2) is 24.3 Å². The van der Waals surface area contributed by atoms with Gasteiger partial charge in [-0.25, -0.2) is 0 Å². The zero-order valence-electron chi connectivity index (χ0n) is 11.2. The maximum atomic E-state index is 11.9. The number of carbonyl (C=O) groups excluding carboxylic acids is 1. The third kappa shape index (κ3) is 3.01. The number of anilines is 1. The molecule has 0 aliphatic carbocycles. The molecule has 0 atom stereocenters. The molecule has 3 N–H and O–H groups in total. The van der Waals surface area contributed by atoms with Crippen LogP contribution >= 0.6 is 11.6 Å². The van der Waals surface area contributed by atoms with Gasteiger partial charge >= 0.3 is 0 Å². The van der Waals surface area contributed by atoms with Gasteiger partial charge in [0.25, 0.3) is 0 Å². The fraction of sp³-hybridized carbons (Fsp3) is 0.500. The maximum Gasteiger partial charge on any atom is 0.243 e. The SMILES string of the molecule is CCN1CCC(Nc2ccccc2Cl)(C(N)=O)CC1. The number of benzene rings is 1. The van der Waals surface area contributed by atoms with Crippen molar-refractivity contribution in [2.75, 3.05) is 25.0 Å². The Morgan fingerprint density at radius 2 is 2.05 bits per heavy atom. The Hall–Kier alpha value is -1.26. The van der Waals surface area contributed by atoms with Crippen molar-refractivity contribution in [2.24, 2.45) is 5.73 Å². The molecule has 5 heteroatoms. The first-order chi connectivity index (χ1) is 9.07. The number of likely N-dealkylation sites (tertiary alicyclic amines) is 1. The second-order valence-electron chi connectivity index (χ2n) is 4.99. The van der Waals surface area contributed by atoms with Crippen LogP contribution in [-0.2, 0) is 4.79 Å². The number of para-hydroxylation sites is 1. The molecule has 1 aromatic carbocycles. The maximum absolute atomic E-state index is 11.9. The summed E-state index contributed by atoms with van der Waals surface area (Å²) in [5.74, 6) is -0.303. The Bertz CT molecular complexity index is 456. The Labute approximate surface area is 118 Å². The number of amides is 1. The first kappa shape index (κ1) is 14.2. The molecule has 0 radical (unpaired) electrons. The molecule has 104 valence electrons. The van der Waals surface area contributed by atoms with Gasteiger partial charge in [-0.05, 0) is 31.5 Å². The Morgan fingerprint density at radius 3 is 2.58 bits per heavy atom. The molecule has 0 unspecified atom stereocenters. The summed E-state index contributed by atoms with van der Waals surface area (Å²) >= 11 is 6.14. The van der Waals surface area contributed by atoms with E-state index in [1.54, 1.807) is 6.07 Å². The van der Waals surface area contributed by atoms with Gasteiger partial charge in [0, 0.05) is 13.1 Å². The van der Waals surface area contributed by atoms with Crippen LogP contribution in [0.4, 0.5) is 5.69 Å². The van der Waals surface area contributed by atoms with Crippen molar-refractivity contribution in [3.05, 3.63) is 29.3 Å². The monoisotopic (exact) mass is 281 g/mol. The van der Waals surface area contributed by atoms with E-state index in [2.05, 4.69) is 17.1 Å². The van der Waals surface area contributed by atoms with Crippen LogP contribution in [0.25, 0.3) is 0 Å². The van der Waals surface area contributed by atoms with Crippen LogP contribution in [0, 0.1) is 0 Å². The first-order valence-corrected chi connectivity index (χ1v) is 7.00. The number of halogens is 1. The zero-order valence-corrected chi connectivity index (χ0v) is 11.9. The molecule has 19 heavy (non-hydrogen) atoms. The largest absolute Gasteiger partial charge is 0.370 e. The van der Waals surface area contributed by atoms with E-state index in [9.17, 15) is 4.79 Å². The van der Waals surface area contributed by atoms with E-state index in [4.69, 9.17) is 17.3 Å². The molecule has 4 nitrogen and oxygen atoms in total. The van der Waals surface area contributed by atoms with E-state index < -0.39 is 5.54 Å². The second-order valence-corrected chi connectivity index (χ2v) is 5.39. The molecule has 0 spiro atoms. The van der Waals surface area contributed by atoms with E-state index in [1.165, 1.54) is 0 Å². The quantitative estimate of drug-likeness (QED) is 0.888. The number of rotatable bonds is 4. The van der Waals surface area contributed by atoms with E-state index >= 15 is 0 Å². The molecular formula is C14H20ClN3O. The van der Waals surface area contributed by atoms with Crippen molar-refractivity contribution in [3.63, 3.8) is 0 Å². The lowest BCUT2D eigenvalue weighted by Gasteiger charge is -2.40. The van der Waals surface area contributed by atoms with Crippen molar-refractivity contribution in [3.8, 4) is 0 Å². The lowest BCUT2D eigenvalue weighted by molar-refractivity contribution is -0.123. The number of carbonyl (C=O) groups is 1. The predicted molar refractivity (Wildman–Crippen MR) is 78.3 cm³/mol. The normalized spacial score (nSPS) is 19.1. The fourth-order valence-corrected chi connectivity index (χ4v) is 2.69. The van der Waals surface area contributed by atoms with Crippen LogP contribution in [0.5, 0.6) is 0 Å². The Kier molecular flexibility index (Phi) is 4.32. The Balaban J connectivity index is 2.18. The van der Waals surface area contributed by atoms with Gasteiger partial charge in [-0.1, -0.05) is 30.7 Å². The summed E-state index contributed by atoms with van der Waals surface area (Å²) in [6.45, 7) is 4.87. The van der Waals surface area contributed by atoms with Crippen molar-refractivity contribution in [1.82, 2.24) is 4.90 Å². The molecule has 1 heterocycles. The second kappa shape index (κ2) is 5.80. The summed E-state index contributed by atoms with van der Waals surface area (Å²) in [6.07, 6.45) is 1.42. The molecule has 0 aromatic heterocycles. The summed E-state index contributed by atoms with van der Waals surface area (Å²) in [5.41, 5.74) is 5.71. The van der Waals surface area contributed by atoms with Crippen LogP contribution in [-0.4, -0.2) is 36.0 Å². The van der Waals surface area contributed by atoms with Crippen LogP contribution in [0.3, 0.4) is 0 Å². The van der Waals surface area contributed by atoms with E-state index in [1.807, 2.05) is 18.2 Å². The minimum absolute atomic E-state index is 0.303. The average molecular weight is 282 g/mol. The number of nitrogens with one attached hydrogen (secondary N) is 1. The standard InChI is InChI=1S/C14H20ClN3O/c1-2-18-9-7-14(8-10-18,13(16)19)17-12-6-4-3-5-11(12)15/h3-6,17H,2,7-10H2,1H3,(H2,16,19). The third-order valence-electron chi connectivity index (χ3n) is 3.88. The van der Waals surface area contributed by atoms with E-state index in [0.717, 1.165) is 25.3 Å². The first-order valence-electron chi connectivity index (χ1n) is 6.62. The highest BCUT2D eigenvalue weighted by molar-refractivity contribution is 6.33. The molecule has 1 aliphatic heterocycles. The summed E-state index contributed by atoms with van der Waals surface area (Å²) in [5, 5.41) is 3.89. The van der Waals surface area contributed by atoms with E-state index in [0.29, 0.717) is 17.9 Å². The van der Waals surface area contributed by atoms with Gasteiger partial charge in [-0.15, -0.1) is 0 Å². The highest BCUT2D eigenvalue weighted by Crippen LogP contribution is 2.30. The van der Waals surface area contributed by atoms with Crippen molar-refractivity contribution in [2.45, 2.75) is 25.3 Å². The topological polar surface area (TPSA) is 58.4 Å². The Morgan fingerprint density at radius 1 is 1.42 bits per heavy atom. The predicted octanol–water partition coefficient (Wildman–Crippen LogP) is 2.09. The molecule has 2 rings (SSSR count).